The van der Waals surface area contributed by atoms with E-state index in [0.29, 0.717) is 17.9 Å². The number of Topliss-reactive ketones (excluding diaryl/α,β-unsaturated/α-hetero) is 1. The van der Waals surface area contributed by atoms with Gasteiger partial charge in [0.05, 0.1) is 18.2 Å². The lowest BCUT2D eigenvalue weighted by Gasteiger charge is -2.27. The molecule has 0 saturated carbocycles. The van der Waals surface area contributed by atoms with Crippen molar-refractivity contribution in [2.45, 2.75) is 66.5 Å². The van der Waals surface area contributed by atoms with Crippen LogP contribution in [-0.4, -0.2) is 41.4 Å². The number of aryl methyl sites for hydroxylation is 2. The molecule has 0 aromatic heterocycles. The summed E-state index contributed by atoms with van der Waals surface area (Å²) in [6.45, 7) is 13.0. The van der Waals surface area contributed by atoms with Crippen LogP contribution in [-0.2, 0) is 16.1 Å². The Hall–Kier alpha value is -4.06. The molecule has 3 aromatic carbocycles. The largest absolute Gasteiger partial charge is 0.507 e. The molecular weight excluding hydrogens is 512 g/mol. The number of nitrogens with zero attached hydrogens (tertiary/aromatic N) is 2. The van der Waals surface area contributed by atoms with Gasteiger partial charge in [-0.2, -0.15) is 0 Å². The molecule has 6 heteroatoms. The molecule has 0 bridgehead atoms. The van der Waals surface area contributed by atoms with Gasteiger partial charge >= 0.3 is 0 Å². The van der Waals surface area contributed by atoms with Gasteiger partial charge in [-0.05, 0) is 87.2 Å². The molecule has 1 unspecified atom stereocenters. The zero-order valence-corrected chi connectivity index (χ0v) is 24.9. The third-order valence-corrected chi connectivity index (χ3v) is 7.87. The van der Waals surface area contributed by atoms with Gasteiger partial charge in [-0.3, -0.25) is 9.59 Å². The minimum absolute atomic E-state index is 0.104. The van der Waals surface area contributed by atoms with Gasteiger partial charge in [0.1, 0.15) is 11.5 Å². The molecule has 0 aliphatic carbocycles. The average molecular weight is 555 g/mol. The van der Waals surface area contributed by atoms with Crippen LogP contribution in [0.4, 0.5) is 5.69 Å². The molecule has 0 radical (unpaired) electrons. The number of hydrogen-bond acceptors (Lipinski definition) is 5. The first-order valence-electron chi connectivity index (χ1n) is 14.7. The molecule has 1 aliphatic heterocycles. The zero-order chi connectivity index (χ0) is 29.5. The number of benzene rings is 3. The number of ether oxygens (including phenoxy) is 1. The van der Waals surface area contributed by atoms with Crippen LogP contribution in [0.2, 0.25) is 0 Å². The first-order chi connectivity index (χ1) is 19.8. The third-order valence-electron chi connectivity index (χ3n) is 7.87. The SMILES string of the molecule is CCCCCOc1ccc(/C(O)=C2/C(=O)C(=O)N(Cc3cc(C)ccc3C)C2c2ccc(N(CC)CC)cc2)cc1. The van der Waals surface area contributed by atoms with Crippen molar-refractivity contribution in [3.63, 3.8) is 0 Å². The maximum atomic E-state index is 13.6. The summed E-state index contributed by atoms with van der Waals surface area (Å²) < 4.78 is 5.82. The summed E-state index contributed by atoms with van der Waals surface area (Å²) in [5.74, 6) is -0.759. The molecule has 1 fully saturated rings. The second kappa shape index (κ2) is 13.5. The van der Waals surface area contributed by atoms with E-state index in [2.05, 4.69) is 31.7 Å². The lowest BCUT2D eigenvalue weighted by Crippen LogP contribution is -2.29. The van der Waals surface area contributed by atoms with Crippen LogP contribution in [0.5, 0.6) is 5.75 Å². The lowest BCUT2D eigenvalue weighted by molar-refractivity contribution is -0.140. The van der Waals surface area contributed by atoms with Crippen molar-refractivity contribution in [3.05, 3.63) is 100 Å². The van der Waals surface area contributed by atoms with E-state index in [1.807, 2.05) is 50.2 Å². The van der Waals surface area contributed by atoms with Crippen LogP contribution in [0.1, 0.15) is 73.9 Å². The van der Waals surface area contributed by atoms with Gasteiger partial charge in [-0.25, -0.2) is 0 Å². The Morgan fingerprint density at radius 2 is 1.59 bits per heavy atom. The normalized spacial score (nSPS) is 16.3. The van der Waals surface area contributed by atoms with Gasteiger partial charge in [0.25, 0.3) is 11.7 Å². The van der Waals surface area contributed by atoms with Gasteiger partial charge < -0.3 is 19.6 Å². The summed E-state index contributed by atoms with van der Waals surface area (Å²) in [7, 11) is 0. The minimum Gasteiger partial charge on any atom is -0.507 e. The number of unbranched alkanes of at least 4 members (excludes halogenated alkanes) is 2. The van der Waals surface area contributed by atoms with E-state index in [4.69, 9.17) is 4.74 Å². The third kappa shape index (κ3) is 6.64. The number of anilines is 1. The van der Waals surface area contributed by atoms with E-state index in [9.17, 15) is 14.7 Å². The van der Waals surface area contributed by atoms with Crippen molar-refractivity contribution in [1.82, 2.24) is 4.90 Å². The molecule has 216 valence electrons. The van der Waals surface area contributed by atoms with Gasteiger partial charge in [0, 0.05) is 30.9 Å². The highest BCUT2D eigenvalue weighted by molar-refractivity contribution is 6.46. The molecule has 4 rings (SSSR count). The van der Waals surface area contributed by atoms with Crippen LogP contribution in [0.25, 0.3) is 5.76 Å². The van der Waals surface area contributed by atoms with Gasteiger partial charge in [-0.15, -0.1) is 0 Å². The number of likely N-dealkylation sites (tertiary alicyclic amines) is 1. The second-order valence-electron chi connectivity index (χ2n) is 10.7. The Labute approximate surface area is 244 Å². The molecule has 1 heterocycles. The number of rotatable bonds is 12. The van der Waals surface area contributed by atoms with Crippen molar-refractivity contribution in [2.75, 3.05) is 24.6 Å². The Morgan fingerprint density at radius 3 is 2.22 bits per heavy atom. The van der Waals surface area contributed by atoms with Crippen molar-refractivity contribution >= 4 is 23.1 Å². The molecule has 1 N–H and O–H groups in total. The fourth-order valence-corrected chi connectivity index (χ4v) is 5.41. The van der Waals surface area contributed by atoms with Crippen LogP contribution >= 0.6 is 0 Å². The van der Waals surface area contributed by atoms with Crippen molar-refractivity contribution < 1.29 is 19.4 Å². The summed E-state index contributed by atoms with van der Waals surface area (Å²) in [4.78, 5) is 30.9. The molecule has 6 nitrogen and oxygen atoms in total. The lowest BCUT2D eigenvalue weighted by atomic mass is 9.94. The summed E-state index contributed by atoms with van der Waals surface area (Å²) in [5, 5.41) is 11.5. The maximum absolute atomic E-state index is 13.6. The Bertz CT molecular complexity index is 1390. The van der Waals surface area contributed by atoms with Crippen LogP contribution in [0.3, 0.4) is 0 Å². The van der Waals surface area contributed by atoms with Gasteiger partial charge in [0.2, 0.25) is 0 Å². The van der Waals surface area contributed by atoms with E-state index in [1.54, 1.807) is 29.2 Å². The molecule has 41 heavy (non-hydrogen) atoms. The first-order valence-corrected chi connectivity index (χ1v) is 14.7. The minimum atomic E-state index is -0.717. The predicted octanol–water partition coefficient (Wildman–Crippen LogP) is 7.34. The number of ketones is 1. The van der Waals surface area contributed by atoms with E-state index >= 15 is 0 Å². The van der Waals surface area contributed by atoms with Gasteiger partial charge in [0.15, 0.2) is 0 Å². The highest BCUT2D eigenvalue weighted by Gasteiger charge is 2.46. The predicted molar refractivity (Wildman–Crippen MR) is 165 cm³/mol. The maximum Gasteiger partial charge on any atom is 0.295 e. The molecule has 1 aliphatic rings. The Balaban J connectivity index is 1.75. The van der Waals surface area contributed by atoms with E-state index in [-0.39, 0.29) is 17.9 Å². The van der Waals surface area contributed by atoms with Crippen LogP contribution < -0.4 is 9.64 Å². The van der Waals surface area contributed by atoms with E-state index < -0.39 is 17.7 Å². The molecular formula is C35H42N2O4. The fourth-order valence-electron chi connectivity index (χ4n) is 5.41. The monoisotopic (exact) mass is 554 g/mol. The summed E-state index contributed by atoms with van der Waals surface area (Å²) >= 11 is 0. The molecule has 0 spiro atoms. The Morgan fingerprint density at radius 1 is 0.902 bits per heavy atom. The Kier molecular flexibility index (Phi) is 9.87. The topological polar surface area (TPSA) is 70.1 Å². The number of hydrogen-bond donors (Lipinski definition) is 1. The van der Waals surface area contributed by atoms with Crippen LogP contribution in [0.15, 0.2) is 72.3 Å². The summed E-state index contributed by atoms with van der Waals surface area (Å²) in [6, 6.07) is 20.4. The van der Waals surface area contributed by atoms with Crippen molar-refractivity contribution in [1.29, 1.82) is 0 Å². The number of carbonyl (C=O) groups is 2. The van der Waals surface area contributed by atoms with Crippen LogP contribution in [0, 0.1) is 13.8 Å². The molecule has 1 amide bonds. The number of aliphatic hydroxyl groups excluding tert-OH is 1. The van der Waals surface area contributed by atoms with E-state index in [1.165, 1.54) is 0 Å². The highest BCUT2D eigenvalue weighted by Crippen LogP contribution is 2.41. The second-order valence-corrected chi connectivity index (χ2v) is 10.7. The van der Waals surface area contributed by atoms with Crippen molar-refractivity contribution in [3.8, 4) is 5.75 Å². The molecule has 3 aromatic rings. The molecule has 1 saturated heterocycles. The molecule has 1 atom stereocenters. The smallest absolute Gasteiger partial charge is 0.295 e. The van der Waals surface area contributed by atoms with E-state index in [0.717, 1.165) is 60.3 Å². The number of amides is 1. The van der Waals surface area contributed by atoms with Gasteiger partial charge in [-0.1, -0.05) is 55.7 Å². The average Bonchev–Trinajstić information content (AvgIpc) is 3.23. The fraction of sp³-hybridized carbons (Fsp3) is 0.371. The first kappa shape index (κ1) is 29.9. The standard InChI is InChI=1S/C35H42N2O4/c1-6-9-10-21-41-30-19-15-27(16-20-30)33(38)31-32(26-13-17-29(18-14-26)36(7-2)8-3)37(35(40)34(31)39)23-28-22-24(4)11-12-25(28)5/h11-20,22,32,38H,6-10,21,23H2,1-5H3/b33-31-. The number of carbonyl (C=O) groups excluding carboxylic acids is 2. The van der Waals surface area contributed by atoms with Crippen molar-refractivity contribution in [2.24, 2.45) is 0 Å². The highest BCUT2D eigenvalue weighted by atomic mass is 16.5. The number of aliphatic hydroxyl groups is 1. The quantitative estimate of drug-likeness (QED) is 0.110. The summed E-state index contributed by atoms with van der Waals surface area (Å²) in [6.07, 6.45) is 3.21. The summed E-state index contributed by atoms with van der Waals surface area (Å²) in [5.41, 5.74) is 5.53. The zero-order valence-electron chi connectivity index (χ0n) is 24.9.